The van der Waals surface area contributed by atoms with Gasteiger partial charge >= 0.3 is 5.97 Å². The maximum Gasteiger partial charge on any atom is 0.348 e. The van der Waals surface area contributed by atoms with Gasteiger partial charge in [-0.3, -0.25) is 4.68 Å². The normalized spacial score (nSPS) is 10.7. The number of hydrogen-bond acceptors (Lipinski definition) is 5. The van der Waals surface area contributed by atoms with Gasteiger partial charge in [-0.25, -0.2) is 4.79 Å². The molecule has 0 amide bonds. The monoisotopic (exact) mass is 342 g/mol. The fourth-order valence-corrected chi connectivity index (χ4v) is 3.12. The Morgan fingerprint density at radius 2 is 2.00 bits per heavy atom. The van der Waals surface area contributed by atoms with Crippen molar-refractivity contribution in [1.82, 2.24) is 9.78 Å². The number of benzene rings is 1. The van der Waals surface area contributed by atoms with Crippen LogP contribution in [0.1, 0.15) is 15.2 Å². The Bertz CT molecular complexity index is 795. The molecule has 0 fully saturated rings. The maximum absolute atomic E-state index is 11.5. The van der Waals surface area contributed by atoms with Gasteiger partial charge in [-0.1, -0.05) is 30.3 Å². The van der Waals surface area contributed by atoms with Crippen molar-refractivity contribution in [3.8, 4) is 10.6 Å². The number of rotatable bonds is 7. The van der Waals surface area contributed by atoms with Crippen LogP contribution in [-0.4, -0.2) is 29.5 Å². The fourth-order valence-electron chi connectivity index (χ4n) is 2.23. The first-order valence-corrected chi connectivity index (χ1v) is 8.41. The van der Waals surface area contributed by atoms with Crippen LogP contribution in [0.4, 0.5) is 0 Å². The number of methoxy groups -OCH3 is 1. The predicted octanol–water partition coefficient (Wildman–Crippen LogP) is 3.62. The molecule has 6 heteroatoms. The summed E-state index contributed by atoms with van der Waals surface area (Å²) in [5.74, 6) is -0.319. The second-order valence-electron chi connectivity index (χ2n) is 5.16. The first-order valence-electron chi connectivity index (χ1n) is 7.60. The molecule has 0 aliphatic rings. The van der Waals surface area contributed by atoms with Gasteiger partial charge in [0.2, 0.25) is 0 Å². The molecule has 5 nitrogen and oxygen atoms in total. The molecule has 0 bridgehead atoms. The molecule has 0 spiro atoms. The van der Waals surface area contributed by atoms with E-state index in [1.54, 1.807) is 6.07 Å². The predicted molar refractivity (Wildman–Crippen MR) is 93.0 cm³/mol. The van der Waals surface area contributed by atoms with Gasteiger partial charge in [0.1, 0.15) is 10.6 Å². The molecule has 2 heterocycles. The van der Waals surface area contributed by atoms with Gasteiger partial charge in [0, 0.05) is 6.20 Å². The van der Waals surface area contributed by atoms with E-state index in [1.807, 2.05) is 53.3 Å². The van der Waals surface area contributed by atoms with Crippen molar-refractivity contribution in [3.63, 3.8) is 0 Å². The van der Waals surface area contributed by atoms with Crippen molar-refractivity contribution in [3.05, 3.63) is 65.2 Å². The van der Waals surface area contributed by atoms with Crippen molar-refractivity contribution < 1.29 is 14.3 Å². The molecule has 24 heavy (non-hydrogen) atoms. The first-order chi connectivity index (χ1) is 11.8. The van der Waals surface area contributed by atoms with Crippen LogP contribution in [0.15, 0.2) is 54.7 Å². The molecule has 3 rings (SSSR count). The van der Waals surface area contributed by atoms with Crippen LogP contribution < -0.4 is 0 Å². The van der Waals surface area contributed by atoms with E-state index in [0.29, 0.717) is 24.6 Å². The van der Waals surface area contributed by atoms with Crippen molar-refractivity contribution in [2.45, 2.75) is 13.2 Å². The summed E-state index contributed by atoms with van der Waals surface area (Å²) in [6.07, 6.45) is 1.92. The van der Waals surface area contributed by atoms with Crippen molar-refractivity contribution in [2.75, 3.05) is 13.7 Å². The average molecular weight is 342 g/mol. The van der Waals surface area contributed by atoms with Gasteiger partial charge in [0.05, 0.1) is 31.7 Å². The highest BCUT2D eigenvalue weighted by atomic mass is 32.1. The Morgan fingerprint density at radius 1 is 1.17 bits per heavy atom. The smallest absolute Gasteiger partial charge is 0.348 e. The number of thiophene rings is 1. The third-order valence-corrected chi connectivity index (χ3v) is 4.55. The van der Waals surface area contributed by atoms with Gasteiger partial charge in [0.25, 0.3) is 0 Å². The summed E-state index contributed by atoms with van der Waals surface area (Å²) in [6.45, 7) is 1.87. The van der Waals surface area contributed by atoms with Crippen LogP contribution in [0.3, 0.4) is 0 Å². The Hall–Kier alpha value is -2.44. The highest BCUT2D eigenvalue weighted by molar-refractivity contribution is 7.17. The molecule has 3 aromatic rings. The van der Waals surface area contributed by atoms with Crippen molar-refractivity contribution in [1.29, 1.82) is 0 Å². The lowest BCUT2D eigenvalue weighted by atomic mass is 10.2. The zero-order valence-corrected chi connectivity index (χ0v) is 14.2. The molecular formula is C18H18N2O3S. The summed E-state index contributed by atoms with van der Waals surface area (Å²) >= 11 is 1.38. The van der Waals surface area contributed by atoms with E-state index in [4.69, 9.17) is 9.47 Å². The second kappa shape index (κ2) is 7.90. The molecule has 0 atom stereocenters. The quantitative estimate of drug-likeness (QED) is 0.486. The summed E-state index contributed by atoms with van der Waals surface area (Å²) in [4.78, 5) is 13.0. The van der Waals surface area contributed by atoms with E-state index in [1.165, 1.54) is 18.4 Å². The van der Waals surface area contributed by atoms with E-state index in [0.717, 1.165) is 16.1 Å². The summed E-state index contributed by atoms with van der Waals surface area (Å²) in [6, 6.07) is 15.7. The van der Waals surface area contributed by atoms with E-state index in [2.05, 4.69) is 5.10 Å². The lowest BCUT2D eigenvalue weighted by Crippen LogP contribution is -2.06. The topological polar surface area (TPSA) is 53.4 Å². The number of aromatic nitrogens is 2. The molecule has 0 unspecified atom stereocenters. The van der Waals surface area contributed by atoms with E-state index >= 15 is 0 Å². The van der Waals surface area contributed by atoms with Gasteiger partial charge in [0.15, 0.2) is 0 Å². The number of nitrogens with zero attached hydrogens (tertiary/aromatic N) is 2. The average Bonchev–Trinajstić information content (AvgIpc) is 3.28. The number of ether oxygens (including phenoxy) is 2. The molecule has 124 valence electrons. The lowest BCUT2D eigenvalue weighted by Gasteiger charge is -2.04. The third kappa shape index (κ3) is 4.10. The number of hydrogen-bond donors (Lipinski definition) is 0. The van der Waals surface area contributed by atoms with Crippen LogP contribution in [-0.2, 0) is 22.6 Å². The van der Waals surface area contributed by atoms with Crippen molar-refractivity contribution in [2.24, 2.45) is 0 Å². The zero-order chi connectivity index (χ0) is 16.8. The number of esters is 1. The van der Waals surface area contributed by atoms with Crippen molar-refractivity contribution >= 4 is 17.3 Å². The van der Waals surface area contributed by atoms with Crippen LogP contribution in [0.2, 0.25) is 0 Å². The largest absolute Gasteiger partial charge is 0.465 e. The molecule has 2 aromatic heterocycles. The van der Waals surface area contributed by atoms with Gasteiger partial charge in [-0.15, -0.1) is 11.3 Å². The standard InChI is InChI=1S/C18H18N2O3S/c1-22-18(21)17-8-7-16(24-17)15-9-10-20(19-15)11-12-23-13-14-5-3-2-4-6-14/h2-10H,11-13H2,1H3. The Balaban J connectivity index is 1.52. The minimum Gasteiger partial charge on any atom is -0.465 e. The second-order valence-corrected chi connectivity index (χ2v) is 6.24. The molecule has 0 saturated carbocycles. The summed E-state index contributed by atoms with van der Waals surface area (Å²) in [7, 11) is 1.38. The highest BCUT2D eigenvalue weighted by Crippen LogP contribution is 2.27. The summed E-state index contributed by atoms with van der Waals surface area (Å²) in [5, 5.41) is 4.52. The minimum atomic E-state index is -0.319. The van der Waals surface area contributed by atoms with Crippen LogP contribution >= 0.6 is 11.3 Å². The highest BCUT2D eigenvalue weighted by Gasteiger charge is 2.11. The number of carbonyl (C=O) groups excluding carboxylic acids is 1. The SMILES string of the molecule is COC(=O)c1ccc(-c2ccn(CCOCc3ccccc3)n2)s1. The Kier molecular flexibility index (Phi) is 5.40. The van der Waals surface area contributed by atoms with E-state index < -0.39 is 0 Å². The number of carbonyl (C=O) groups is 1. The van der Waals surface area contributed by atoms with Crippen LogP contribution in [0.25, 0.3) is 10.6 Å². The van der Waals surface area contributed by atoms with Crippen LogP contribution in [0, 0.1) is 0 Å². The Morgan fingerprint density at radius 3 is 2.79 bits per heavy atom. The molecule has 0 radical (unpaired) electrons. The molecule has 0 N–H and O–H groups in total. The molecule has 0 aliphatic heterocycles. The summed E-state index contributed by atoms with van der Waals surface area (Å²) < 4.78 is 12.2. The van der Waals surface area contributed by atoms with E-state index in [9.17, 15) is 4.79 Å². The molecule has 0 aliphatic carbocycles. The molecule has 1 aromatic carbocycles. The van der Waals surface area contributed by atoms with Gasteiger partial charge < -0.3 is 9.47 Å². The van der Waals surface area contributed by atoms with Gasteiger partial charge in [-0.2, -0.15) is 5.10 Å². The van der Waals surface area contributed by atoms with Crippen LogP contribution in [0.5, 0.6) is 0 Å². The Labute approximate surface area is 144 Å². The molecular weight excluding hydrogens is 324 g/mol. The zero-order valence-electron chi connectivity index (χ0n) is 13.3. The third-order valence-electron chi connectivity index (χ3n) is 3.46. The fraction of sp³-hybridized carbons (Fsp3) is 0.222. The first kappa shape index (κ1) is 16.4. The minimum absolute atomic E-state index is 0.319. The van der Waals surface area contributed by atoms with E-state index in [-0.39, 0.29) is 5.97 Å². The lowest BCUT2D eigenvalue weighted by molar-refractivity contribution is 0.0606. The maximum atomic E-state index is 11.5. The molecule has 0 saturated heterocycles. The summed E-state index contributed by atoms with van der Waals surface area (Å²) in [5.41, 5.74) is 2.01. The van der Waals surface area contributed by atoms with Gasteiger partial charge in [-0.05, 0) is 23.8 Å².